The molecule has 0 fully saturated rings. The molecule has 114 valence electrons. The van der Waals surface area contributed by atoms with Crippen molar-refractivity contribution in [2.45, 2.75) is 37.6 Å². The number of hydrogen-bond donors (Lipinski definition) is 2. The van der Waals surface area contributed by atoms with E-state index in [9.17, 15) is 9.90 Å². The van der Waals surface area contributed by atoms with Crippen LogP contribution in [-0.2, 0) is 0 Å². The molecule has 7 heteroatoms. The van der Waals surface area contributed by atoms with Crippen LogP contribution in [0.5, 0.6) is 0 Å². The smallest absolute Gasteiger partial charge is 0.346 e. The number of aromatic nitrogens is 2. The molecule has 0 spiro atoms. The molecule has 2 N–H and O–H groups in total. The molecule has 0 bridgehead atoms. The Morgan fingerprint density at radius 1 is 1.29 bits per heavy atom. The largest absolute Gasteiger partial charge is 0.477 e. The second kappa shape index (κ2) is 7.72. The summed E-state index contributed by atoms with van der Waals surface area (Å²) in [5, 5.41) is 19.7. The molecule has 0 unspecified atom stereocenters. The van der Waals surface area contributed by atoms with E-state index in [2.05, 4.69) is 9.97 Å². The Labute approximate surface area is 131 Å². The molecular weight excluding hydrogens is 308 g/mol. The third-order valence-corrected chi connectivity index (χ3v) is 5.44. The molecule has 0 saturated carbocycles. The van der Waals surface area contributed by atoms with Crippen LogP contribution >= 0.6 is 23.1 Å². The Balaban J connectivity index is 2.08. The van der Waals surface area contributed by atoms with Gasteiger partial charge in [-0.1, -0.05) is 12.8 Å². The number of fused-ring (bicyclic) bond motifs is 1. The van der Waals surface area contributed by atoms with Gasteiger partial charge in [0.25, 0.3) is 0 Å². The van der Waals surface area contributed by atoms with Crippen LogP contribution in [0.15, 0.2) is 11.4 Å². The number of nitrogens with zero attached hydrogens (tertiary/aromatic N) is 2. The number of aliphatic hydroxyl groups excluding tert-OH is 1. The molecule has 2 heterocycles. The number of rotatable bonds is 8. The number of aliphatic hydroxyl groups is 1. The van der Waals surface area contributed by atoms with Crippen molar-refractivity contribution in [3.8, 4) is 0 Å². The van der Waals surface area contributed by atoms with Crippen LogP contribution in [-0.4, -0.2) is 38.5 Å². The number of unbranched alkanes of at least 4 members (excludes halogenated alkanes) is 3. The van der Waals surface area contributed by atoms with Crippen molar-refractivity contribution in [3.63, 3.8) is 0 Å². The molecule has 0 radical (unpaired) electrons. The van der Waals surface area contributed by atoms with E-state index in [1.807, 2.05) is 6.92 Å². The number of hydrogen-bond acceptors (Lipinski definition) is 6. The van der Waals surface area contributed by atoms with Crippen LogP contribution in [0.25, 0.3) is 10.2 Å². The summed E-state index contributed by atoms with van der Waals surface area (Å²) in [5.41, 5.74) is 0.755. The lowest BCUT2D eigenvalue weighted by Crippen LogP contribution is -1.94. The topological polar surface area (TPSA) is 83.3 Å². The summed E-state index contributed by atoms with van der Waals surface area (Å²) in [6.07, 6.45) is 5.54. The highest BCUT2D eigenvalue weighted by Gasteiger charge is 2.18. The predicted octanol–water partition coefficient (Wildman–Crippen LogP) is 3.34. The van der Waals surface area contributed by atoms with Gasteiger partial charge in [0, 0.05) is 12.0 Å². The predicted molar refractivity (Wildman–Crippen MR) is 85.4 cm³/mol. The highest BCUT2D eigenvalue weighted by atomic mass is 32.2. The van der Waals surface area contributed by atoms with Crippen molar-refractivity contribution in [2.24, 2.45) is 0 Å². The summed E-state index contributed by atoms with van der Waals surface area (Å²) in [4.78, 5) is 20.8. The van der Waals surface area contributed by atoms with Crippen LogP contribution in [0.3, 0.4) is 0 Å². The third-order valence-electron chi connectivity index (χ3n) is 3.18. The number of carbonyl (C=O) groups is 1. The number of thiophene rings is 1. The zero-order valence-electron chi connectivity index (χ0n) is 11.8. The highest BCUT2D eigenvalue weighted by Crippen LogP contribution is 2.35. The van der Waals surface area contributed by atoms with E-state index in [0.717, 1.165) is 52.2 Å². The highest BCUT2D eigenvalue weighted by molar-refractivity contribution is 7.99. The number of carboxylic acid groups (broad SMARTS) is 1. The quantitative estimate of drug-likeness (QED) is 0.440. The number of aryl methyl sites for hydroxylation is 1. The van der Waals surface area contributed by atoms with Crippen LogP contribution in [0.1, 0.15) is 40.9 Å². The Morgan fingerprint density at radius 2 is 2.05 bits per heavy atom. The molecule has 5 nitrogen and oxygen atoms in total. The fraction of sp³-hybridized carbons (Fsp3) is 0.500. The molecule has 21 heavy (non-hydrogen) atoms. The molecule has 0 aromatic carbocycles. The molecule has 2 rings (SSSR count). The summed E-state index contributed by atoms with van der Waals surface area (Å²) in [6, 6.07) is 0. The maximum atomic E-state index is 11.2. The standard InChI is InChI=1S/C14H18N2O3S2/c1-9-10-12(20-7-5-3-2-4-6-17)15-8-16-13(10)21-11(9)14(18)19/h8,17H,2-7H2,1H3,(H,18,19). The summed E-state index contributed by atoms with van der Waals surface area (Å²) in [6.45, 7) is 2.07. The van der Waals surface area contributed by atoms with Gasteiger partial charge in [-0.2, -0.15) is 0 Å². The van der Waals surface area contributed by atoms with Crippen LogP contribution in [0.2, 0.25) is 0 Å². The van der Waals surface area contributed by atoms with Crippen molar-refractivity contribution in [2.75, 3.05) is 12.4 Å². The maximum Gasteiger partial charge on any atom is 0.346 e. The number of aromatic carboxylic acids is 1. The van der Waals surface area contributed by atoms with Gasteiger partial charge < -0.3 is 10.2 Å². The van der Waals surface area contributed by atoms with Crippen molar-refractivity contribution < 1.29 is 15.0 Å². The SMILES string of the molecule is Cc1c(C(=O)O)sc2ncnc(SCCCCCCO)c12. The minimum atomic E-state index is -0.907. The minimum absolute atomic E-state index is 0.256. The van der Waals surface area contributed by atoms with Gasteiger partial charge in [0.15, 0.2) is 0 Å². The van der Waals surface area contributed by atoms with E-state index >= 15 is 0 Å². The van der Waals surface area contributed by atoms with Crippen molar-refractivity contribution in [1.82, 2.24) is 9.97 Å². The zero-order chi connectivity index (χ0) is 15.2. The van der Waals surface area contributed by atoms with Gasteiger partial charge in [-0.05, 0) is 31.1 Å². The first-order chi connectivity index (χ1) is 10.1. The van der Waals surface area contributed by atoms with Crippen molar-refractivity contribution >= 4 is 39.3 Å². The van der Waals surface area contributed by atoms with E-state index in [1.165, 1.54) is 17.7 Å². The first-order valence-electron chi connectivity index (χ1n) is 6.86. The summed E-state index contributed by atoms with van der Waals surface area (Å²) < 4.78 is 0. The van der Waals surface area contributed by atoms with Crippen molar-refractivity contribution in [3.05, 3.63) is 16.8 Å². The molecule has 2 aromatic rings. The molecule has 0 aliphatic heterocycles. The lowest BCUT2D eigenvalue weighted by molar-refractivity contribution is 0.0701. The van der Waals surface area contributed by atoms with Gasteiger partial charge in [0.05, 0.1) is 0 Å². The Kier molecular flexibility index (Phi) is 5.96. The Morgan fingerprint density at radius 3 is 2.76 bits per heavy atom. The zero-order valence-corrected chi connectivity index (χ0v) is 13.5. The van der Waals surface area contributed by atoms with Crippen molar-refractivity contribution in [1.29, 1.82) is 0 Å². The normalized spacial score (nSPS) is 11.1. The van der Waals surface area contributed by atoms with Crippen LogP contribution < -0.4 is 0 Å². The monoisotopic (exact) mass is 326 g/mol. The fourth-order valence-corrected chi connectivity index (χ4v) is 4.20. The Hall–Kier alpha value is -1.18. The van der Waals surface area contributed by atoms with E-state index < -0.39 is 5.97 Å². The van der Waals surface area contributed by atoms with E-state index in [-0.39, 0.29) is 6.61 Å². The third kappa shape index (κ3) is 3.93. The molecule has 2 aromatic heterocycles. The maximum absolute atomic E-state index is 11.2. The minimum Gasteiger partial charge on any atom is -0.477 e. The van der Waals surface area contributed by atoms with E-state index in [0.29, 0.717) is 4.88 Å². The summed E-state index contributed by atoms with van der Waals surface area (Å²) in [5.74, 6) is 0.0327. The van der Waals surface area contributed by atoms with E-state index in [1.54, 1.807) is 11.8 Å². The van der Waals surface area contributed by atoms with Crippen LogP contribution in [0.4, 0.5) is 0 Å². The molecular formula is C14H18N2O3S2. The van der Waals surface area contributed by atoms with E-state index in [4.69, 9.17) is 5.11 Å². The second-order valence-electron chi connectivity index (χ2n) is 4.71. The first-order valence-corrected chi connectivity index (χ1v) is 8.66. The average Bonchev–Trinajstić information content (AvgIpc) is 2.81. The lowest BCUT2D eigenvalue weighted by Gasteiger charge is -2.03. The second-order valence-corrected chi connectivity index (χ2v) is 6.79. The number of carboxylic acids is 1. The number of thioether (sulfide) groups is 1. The molecule has 0 atom stereocenters. The molecule has 0 aliphatic rings. The molecule has 0 aliphatic carbocycles. The lowest BCUT2D eigenvalue weighted by atomic mass is 10.2. The summed E-state index contributed by atoms with van der Waals surface area (Å²) >= 11 is 2.85. The van der Waals surface area contributed by atoms with Gasteiger partial charge in [-0.3, -0.25) is 0 Å². The van der Waals surface area contributed by atoms with Gasteiger partial charge >= 0.3 is 5.97 Å². The molecule has 0 saturated heterocycles. The van der Waals surface area contributed by atoms with Gasteiger partial charge in [0.2, 0.25) is 0 Å². The Bertz CT molecular complexity index is 628. The first kappa shape index (κ1) is 16.2. The van der Waals surface area contributed by atoms with Gasteiger partial charge in [0.1, 0.15) is 21.1 Å². The average molecular weight is 326 g/mol. The summed E-state index contributed by atoms with van der Waals surface area (Å²) in [7, 11) is 0. The van der Waals surface area contributed by atoms with Gasteiger partial charge in [-0.25, -0.2) is 14.8 Å². The van der Waals surface area contributed by atoms with Gasteiger partial charge in [-0.15, -0.1) is 23.1 Å². The molecule has 0 amide bonds. The fourth-order valence-electron chi connectivity index (χ4n) is 2.09. The van der Waals surface area contributed by atoms with Crippen LogP contribution in [0, 0.1) is 6.92 Å².